The van der Waals surface area contributed by atoms with Crippen molar-refractivity contribution in [1.82, 2.24) is 4.57 Å². The molecule has 0 radical (unpaired) electrons. The van der Waals surface area contributed by atoms with Crippen LogP contribution in [0.5, 0.6) is 0 Å². The highest BCUT2D eigenvalue weighted by Gasteiger charge is 2.47. The first kappa shape index (κ1) is 19.7. The first-order valence-electron chi connectivity index (χ1n) is 10.1. The van der Waals surface area contributed by atoms with E-state index in [0.717, 1.165) is 22.2 Å². The van der Waals surface area contributed by atoms with Crippen LogP contribution in [0.4, 0.5) is 0 Å². The van der Waals surface area contributed by atoms with Gasteiger partial charge in [0.25, 0.3) is 10.0 Å². The lowest BCUT2D eigenvalue weighted by Crippen LogP contribution is -2.34. The van der Waals surface area contributed by atoms with E-state index in [1.54, 1.807) is 24.3 Å². The number of aliphatic hydroxyl groups is 1. The molecule has 0 bridgehead atoms. The maximum Gasteiger partial charge on any atom is 0.282 e. The number of fused-ring (bicyclic) bond motifs is 3. The van der Waals surface area contributed by atoms with Gasteiger partial charge in [0.15, 0.2) is 0 Å². The standard InChI is InChI=1S/C25H22N2O3S/c1-17-12-14-19(15-13-17)31(29,30)26-24-23-20-10-6-7-11-21(20)27(2)22(23)16-25(24,28)18-8-4-3-5-9-18/h3-15,28H,16H2,1-2H3/b26-24+/t25-/m0/s1. The van der Waals surface area contributed by atoms with Crippen LogP contribution in [-0.4, -0.2) is 23.8 Å². The molecule has 1 N–H and O–H groups in total. The van der Waals surface area contributed by atoms with Crippen LogP contribution in [0.2, 0.25) is 0 Å². The van der Waals surface area contributed by atoms with Gasteiger partial charge in [-0.05, 0) is 30.7 Å². The van der Waals surface area contributed by atoms with Crippen molar-refractivity contribution in [3.05, 3.63) is 101 Å². The van der Waals surface area contributed by atoms with Crippen molar-refractivity contribution in [3.8, 4) is 0 Å². The summed E-state index contributed by atoms with van der Waals surface area (Å²) < 4.78 is 32.8. The Morgan fingerprint density at radius 1 is 0.935 bits per heavy atom. The molecule has 1 aliphatic carbocycles. The molecule has 1 aromatic heterocycles. The van der Waals surface area contributed by atoms with Crippen molar-refractivity contribution in [1.29, 1.82) is 0 Å². The Balaban J connectivity index is 1.80. The molecule has 0 fully saturated rings. The Bertz CT molecular complexity index is 1440. The Kier molecular flexibility index (Phi) is 4.39. The van der Waals surface area contributed by atoms with Gasteiger partial charge in [-0.15, -0.1) is 0 Å². The number of benzene rings is 3. The summed E-state index contributed by atoms with van der Waals surface area (Å²) in [4.78, 5) is 0.106. The minimum atomic E-state index is -4.02. The number of hydrogen-bond donors (Lipinski definition) is 1. The summed E-state index contributed by atoms with van der Waals surface area (Å²) in [6.45, 7) is 1.90. The molecule has 0 spiro atoms. The first-order valence-corrected chi connectivity index (χ1v) is 11.5. The summed E-state index contributed by atoms with van der Waals surface area (Å²) in [6.07, 6.45) is 0.250. The van der Waals surface area contributed by atoms with E-state index in [4.69, 9.17) is 0 Å². The Morgan fingerprint density at radius 3 is 2.29 bits per heavy atom. The summed E-state index contributed by atoms with van der Waals surface area (Å²) in [6, 6.07) is 23.5. The fourth-order valence-corrected chi connectivity index (χ4v) is 5.48. The number of aryl methyl sites for hydroxylation is 2. The molecule has 31 heavy (non-hydrogen) atoms. The minimum Gasteiger partial charge on any atom is -0.378 e. The number of nitrogens with zero attached hydrogens (tertiary/aromatic N) is 2. The van der Waals surface area contributed by atoms with Gasteiger partial charge in [0.05, 0.1) is 4.90 Å². The van der Waals surface area contributed by atoms with Gasteiger partial charge in [-0.1, -0.05) is 66.2 Å². The van der Waals surface area contributed by atoms with Crippen LogP contribution in [0.25, 0.3) is 10.9 Å². The predicted octanol–water partition coefficient (Wildman–Crippen LogP) is 4.11. The molecule has 0 aliphatic heterocycles. The van der Waals surface area contributed by atoms with Gasteiger partial charge < -0.3 is 9.67 Å². The molecule has 5 nitrogen and oxygen atoms in total. The SMILES string of the molecule is Cc1ccc(S(=O)(=O)/N=C2\c3c(n(C)c4ccccc34)C[C@]2(O)c2ccccc2)cc1. The summed E-state index contributed by atoms with van der Waals surface area (Å²) in [5.41, 5.74) is 2.75. The zero-order valence-corrected chi connectivity index (χ0v) is 18.1. The lowest BCUT2D eigenvalue weighted by atomic mass is 9.89. The van der Waals surface area contributed by atoms with E-state index < -0.39 is 15.6 Å². The van der Waals surface area contributed by atoms with E-state index in [1.807, 2.05) is 73.1 Å². The number of para-hydroxylation sites is 1. The summed E-state index contributed by atoms with van der Waals surface area (Å²) in [5, 5.41) is 12.7. The van der Waals surface area contributed by atoms with E-state index in [9.17, 15) is 13.5 Å². The number of rotatable bonds is 3. The Hall–Kier alpha value is -3.22. The number of hydrogen-bond acceptors (Lipinski definition) is 3. The van der Waals surface area contributed by atoms with Crippen molar-refractivity contribution in [2.75, 3.05) is 0 Å². The van der Waals surface area contributed by atoms with Crippen LogP contribution in [0.1, 0.15) is 22.4 Å². The number of aromatic nitrogens is 1. The van der Waals surface area contributed by atoms with Crippen molar-refractivity contribution >= 4 is 26.6 Å². The highest BCUT2D eigenvalue weighted by Crippen LogP contribution is 2.43. The third kappa shape index (κ3) is 3.02. The van der Waals surface area contributed by atoms with Crippen molar-refractivity contribution < 1.29 is 13.5 Å². The van der Waals surface area contributed by atoms with Gasteiger partial charge in [0.1, 0.15) is 11.3 Å². The van der Waals surface area contributed by atoms with Crippen LogP contribution in [0.15, 0.2) is 88.2 Å². The van der Waals surface area contributed by atoms with Gasteiger partial charge in [-0.3, -0.25) is 0 Å². The molecular formula is C25H22N2O3S. The van der Waals surface area contributed by atoms with Crippen LogP contribution in [0, 0.1) is 6.92 Å². The van der Waals surface area contributed by atoms with Gasteiger partial charge in [0.2, 0.25) is 0 Å². The zero-order chi connectivity index (χ0) is 21.8. The van der Waals surface area contributed by atoms with E-state index >= 15 is 0 Å². The fourth-order valence-electron chi connectivity index (χ4n) is 4.41. The monoisotopic (exact) mass is 430 g/mol. The van der Waals surface area contributed by atoms with Crippen LogP contribution in [-0.2, 0) is 29.1 Å². The van der Waals surface area contributed by atoms with Crippen LogP contribution >= 0.6 is 0 Å². The van der Waals surface area contributed by atoms with E-state index in [-0.39, 0.29) is 17.0 Å². The van der Waals surface area contributed by atoms with Crippen LogP contribution in [0.3, 0.4) is 0 Å². The molecule has 1 atom stereocenters. The second kappa shape index (κ2) is 6.90. The third-order valence-corrected chi connectivity index (χ3v) is 7.35. The molecule has 4 aromatic rings. The zero-order valence-electron chi connectivity index (χ0n) is 17.3. The highest BCUT2D eigenvalue weighted by molar-refractivity contribution is 7.90. The molecule has 156 valence electrons. The van der Waals surface area contributed by atoms with Gasteiger partial charge in [-0.25, -0.2) is 0 Å². The first-order chi connectivity index (χ1) is 14.8. The average Bonchev–Trinajstić information content (AvgIpc) is 3.21. The highest BCUT2D eigenvalue weighted by atomic mass is 32.2. The lowest BCUT2D eigenvalue weighted by Gasteiger charge is -2.25. The molecule has 1 aliphatic rings. The molecule has 0 saturated carbocycles. The average molecular weight is 431 g/mol. The smallest absolute Gasteiger partial charge is 0.282 e. The second-order valence-corrected chi connectivity index (χ2v) is 9.63. The largest absolute Gasteiger partial charge is 0.378 e. The molecule has 5 rings (SSSR count). The molecule has 6 heteroatoms. The lowest BCUT2D eigenvalue weighted by molar-refractivity contribution is 0.116. The summed E-state index contributed by atoms with van der Waals surface area (Å²) in [5.74, 6) is 0. The minimum absolute atomic E-state index is 0.106. The van der Waals surface area contributed by atoms with Gasteiger partial charge >= 0.3 is 0 Å². The van der Waals surface area contributed by atoms with E-state index in [1.165, 1.54) is 0 Å². The fraction of sp³-hybridized carbons (Fsp3) is 0.160. The second-order valence-electron chi connectivity index (χ2n) is 8.03. The summed E-state index contributed by atoms with van der Waals surface area (Å²) in [7, 11) is -2.09. The summed E-state index contributed by atoms with van der Waals surface area (Å²) >= 11 is 0. The molecule has 0 amide bonds. The van der Waals surface area contributed by atoms with Crippen molar-refractivity contribution in [3.63, 3.8) is 0 Å². The predicted molar refractivity (Wildman–Crippen MR) is 122 cm³/mol. The topological polar surface area (TPSA) is 71.7 Å². The molecule has 3 aromatic carbocycles. The third-order valence-electron chi connectivity index (χ3n) is 6.06. The Morgan fingerprint density at radius 2 is 1.58 bits per heavy atom. The van der Waals surface area contributed by atoms with Crippen molar-refractivity contribution in [2.45, 2.75) is 23.8 Å². The molecule has 0 saturated heterocycles. The van der Waals surface area contributed by atoms with Gasteiger partial charge in [0, 0.05) is 35.6 Å². The van der Waals surface area contributed by atoms with Crippen LogP contribution < -0.4 is 0 Å². The normalized spacial score (nSPS) is 19.8. The maximum absolute atomic E-state index is 13.3. The van der Waals surface area contributed by atoms with Gasteiger partial charge in [-0.2, -0.15) is 12.8 Å². The van der Waals surface area contributed by atoms with E-state index in [2.05, 4.69) is 4.40 Å². The molecule has 1 heterocycles. The quantitative estimate of drug-likeness (QED) is 0.532. The molecular weight excluding hydrogens is 408 g/mol. The Labute approximate surface area is 181 Å². The van der Waals surface area contributed by atoms with Crippen molar-refractivity contribution in [2.24, 2.45) is 11.4 Å². The maximum atomic E-state index is 13.3. The molecule has 0 unspecified atom stereocenters. The van der Waals surface area contributed by atoms with E-state index in [0.29, 0.717) is 11.1 Å². The number of sulfonamides is 1.